The van der Waals surface area contributed by atoms with Crippen LogP contribution in [0.1, 0.15) is 36.7 Å². The number of nitrogens with two attached hydrogens (primary N) is 1. The van der Waals surface area contributed by atoms with Gasteiger partial charge in [-0.15, -0.1) is 0 Å². The largest absolute Gasteiger partial charge is 0.352 e. The minimum Gasteiger partial charge on any atom is -0.352 e. The van der Waals surface area contributed by atoms with Gasteiger partial charge in [-0.2, -0.15) is 0 Å². The van der Waals surface area contributed by atoms with Gasteiger partial charge in [0.1, 0.15) is 6.04 Å². The Kier molecular flexibility index (Phi) is 6.44. The summed E-state index contributed by atoms with van der Waals surface area (Å²) >= 11 is 0. The zero-order chi connectivity index (χ0) is 15.8. The molecule has 0 fully saturated rings. The summed E-state index contributed by atoms with van der Waals surface area (Å²) in [6, 6.07) is 6.38. The molecule has 5 heteroatoms. The lowest BCUT2D eigenvalue weighted by molar-refractivity contribution is -0.123. The van der Waals surface area contributed by atoms with Gasteiger partial charge in [0.2, 0.25) is 5.91 Å². The molecule has 1 aromatic carbocycles. The lowest BCUT2D eigenvalue weighted by atomic mass is 10.1. The molecule has 4 N–H and O–H groups in total. The first-order valence-electron chi connectivity index (χ1n) is 6.85. The van der Waals surface area contributed by atoms with Crippen LogP contribution in [0, 0.1) is 11.8 Å². The van der Waals surface area contributed by atoms with Crippen LogP contribution in [0.2, 0.25) is 0 Å². The quantitative estimate of drug-likeness (QED) is 0.711. The van der Waals surface area contributed by atoms with Gasteiger partial charge in [0.15, 0.2) is 0 Å². The molecule has 0 aliphatic rings. The van der Waals surface area contributed by atoms with E-state index in [1.54, 1.807) is 31.2 Å². The molecule has 0 saturated heterocycles. The van der Waals surface area contributed by atoms with Crippen molar-refractivity contribution in [3.05, 3.63) is 35.4 Å². The Morgan fingerprint density at radius 3 is 2.48 bits per heavy atom. The molecule has 0 saturated carbocycles. The molecule has 0 aromatic heterocycles. The van der Waals surface area contributed by atoms with E-state index < -0.39 is 6.04 Å². The Morgan fingerprint density at radius 2 is 1.86 bits per heavy atom. The molecule has 21 heavy (non-hydrogen) atoms. The van der Waals surface area contributed by atoms with Gasteiger partial charge in [0.25, 0.3) is 5.91 Å². The first-order chi connectivity index (χ1) is 9.95. The zero-order valence-electron chi connectivity index (χ0n) is 12.6. The van der Waals surface area contributed by atoms with Gasteiger partial charge in [-0.3, -0.25) is 9.59 Å². The van der Waals surface area contributed by atoms with Gasteiger partial charge >= 0.3 is 0 Å². The third-order valence-electron chi connectivity index (χ3n) is 2.67. The van der Waals surface area contributed by atoms with Crippen LogP contribution in [0.4, 0.5) is 0 Å². The van der Waals surface area contributed by atoms with Crippen LogP contribution >= 0.6 is 0 Å². The van der Waals surface area contributed by atoms with Crippen molar-refractivity contribution in [3.8, 4) is 11.8 Å². The van der Waals surface area contributed by atoms with E-state index in [0.29, 0.717) is 11.1 Å². The topological polar surface area (TPSA) is 84.2 Å². The number of carbonyl (C=O) groups excluding carboxylic acids is 2. The highest BCUT2D eigenvalue weighted by Gasteiger charge is 2.18. The molecule has 2 amide bonds. The SMILES string of the molecule is CC(C)NC(=O)C(C)NC(=O)c1ccccc1C#CCN. The average molecular weight is 287 g/mol. The van der Waals surface area contributed by atoms with Crippen LogP contribution in [0.25, 0.3) is 0 Å². The summed E-state index contributed by atoms with van der Waals surface area (Å²) in [6.45, 7) is 5.60. The maximum absolute atomic E-state index is 12.2. The highest BCUT2D eigenvalue weighted by atomic mass is 16.2. The van der Waals surface area contributed by atoms with Crippen molar-refractivity contribution in [1.82, 2.24) is 10.6 Å². The third kappa shape index (κ3) is 5.28. The second-order valence-electron chi connectivity index (χ2n) is 4.91. The molecule has 112 valence electrons. The standard InChI is InChI=1S/C16H21N3O2/c1-11(2)18-15(20)12(3)19-16(21)14-9-5-4-7-13(14)8-6-10-17/h4-5,7,9,11-12H,10,17H2,1-3H3,(H,18,20)(H,19,21). The second-order valence-corrected chi connectivity index (χ2v) is 4.91. The molecule has 1 unspecified atom stereocenters. The molecule has 0 radical (unpaired) electrons. The van der Waals surface area contributed by atoms with Gasteiger partial charge in [-0.05, 0) is 32.9 Å². The van der Waals surface area contributed by atoms with Crippen molar-refractivity contribution >= 4 is 11.8 Å². The van der Waals surface area contributed by atoms with Crippen molar-refractivity contribution in [3.63, 3.8) is 0 Å². The zero-order valence-corrected chi connectivity index (χ0v) is 12.6. The van der Waals surface area contributed by atoms with Gasteiger partial charge in [-0.1, -0.05) is 24.0 Å². The molecule has 1 atom stereocenters. The van der Waals surface area contributed by atoms with E-state index in [4.69, 9.17) is 5.73 Å². The lowest BCUT2D eigenvalue weighted by Crippen LogP contribution is -2.46. The highest BCUT2D eigenvalue weighted by Crippen LogP contribution is 2.07. The van der Waals surface area contributed by atoms with Gasteiger partial charge in [0, 0.05) is 11.6 Å². The van der Waals surface area contributed by atoms with E-state index in [0.717, 1.165) is 0 Å². The molecule has 0 aliphatic carbocycles. The average Bonchev–Trinajstić information content (AvgIpc) is 2.44. The Labute approximate surface area is 125 Å². The van der Waals surface area contributed by atoms with Crippen molar-refractivity contribution in [1.29, 1.82) is 0 Å². The minimum atomic E-state index is -0.615. The van der Waals surface area contributed by atoms with Crippen molar-refractivity contribution in [2.75, 3.05) is 6.54 Å². The highest BCUT2D eigenvalue weighted by molar-refractivity contribution is 5.99. The maximum atomic E-state index is 12.2. The molecule has 0 heterocycles. The van der Waals surface area contributed by atoms with E-state index in [1.165, 1.54) is 0 Å². The Balaban J connectivity index is 2.83. The van der Waals surface area contributed by atoms with E-state index in [2.05, 4.69) is 22.5 Å². The molecule has 0 spiro atoms. The maximum Gasteiger partial charge on any atom is 0.253 e. The third-order valence-corrected chi connectivity index (χ3v) is 2.67. The number of amides is 2. The molecular formula is C16H21N3O2. The first-order valence-corrected chi connectivity index (χ1v) is 6.85. The Hall–Kier alpha value is -2.32. The number of carbonyl (C=O) groups is 2. The van der Waals surface area contributed by atoms with Crippen molar-refractivity contribution in [2.45, 2.75) is 32.9 Å². The Bertz CT molecular complexity index is 570. The van der Waals surface area contributed by atoms with Gasteiger partial charge < -0.3 is 16.4 Å². The smallest absolute Gasteiger partial charge is 0.253 e. The minimum absolute atomic E-state index is 0.0274. The number of nitrogens with one attached hydrogen (secondary N) is 2. The number of hydrogen-bond acceptors (Lipinski definition) is 3. The molecular weight excluding hydrogens is 266 g/mol. The van der Waals surface area contributed by atoms with E-state index in [9.17, 15) is 9.59 Å². The summed E-state index contributed by atoms with van der Waals surface area (Å²) in [5, 5.41) is 5.42. The van der Waals surface area contributed by atoms with Crippen LogP contribution in [0.15, 0.2) is 24.3 Å². The molecule has 1 rings (SSSR count). The summed E-state index contributed by atoms with van der Waals surface area (Å²) in [6.07, 6.45) is 0. The van der Waals surface area contributed by atoms with Crippen LogP contribution in [-0.2, 0) is 4.79 Å². The van der Waals surface area contributed by atoms with Crippen LogP contribution in [0.5, 0.6) is 0 Å². The number of hydrogen-bond donors (Lipinski definition) is 3. The van der Waals surface area contributed by atoms with Crippen molar-refractivity contribution < 1.29 is 9.59 Å². The normalized spacial score (nSPS) is 11.3. The predicted molar refractivity (Wildman–Crippen MR) is 82.6 cm³/mol. The summed E-state index contributed by atoms with van der Waals surface area (Å²) in [4.78, 5) is 24.0. The lowest BCUT2D eigenvalue weighted by Gasteiger charge is -2.16. The fourth-order valence-corrected chi connectivity index (χ4v) is 1.69. The fourth-order valence-electron chi connectivity index (χ4n) is 1.69. The van der Waals surface area contributed by atoms with Gasteiger partial charge in [0.05, 0.1) is 12.1 Å². The van der Waals surface area contributed by atoms with E-state index in [-0.39, 0.29) is 24.4 Å². The summed E-state index contributed by atoms with van der Waals surface area (Å²) in [7, 11) is 0. The van der Waals surface area contributed by atoms with E-state index >= 15 is 0 Å². The van der Waals surface area contributed by atoms with Crippen LogP contribution in [0.3, 0.4) is 0 Å². The molecule has 0 aliphatic heterocycles. The number of benzene rings is 1. The number of rotatable bonds is 4. The van der Waals surface area contributed by atoms with E-state index in [1.807, 2.05) is 13.8 Å². The van der Waals surface area contributed by atoms with Crippen molar-refractivity contribution in [2.24, 2.45) is 5.73 Å². The molecule has 1 aromatic rings. The molecule has 5 nitrogen and oxygen atoms in total. The first kappa shape index (κ1) is 16.7. The summed E-state index contributed by atoms with van der Waals surface area (Å²) in [5.41, 5.74) is 6.37. The Morgan fingerprint density at radius 1 is 1.19 bits per heavy atom. The fraction of sp³-hybridized carbons (Fsp3) is 0.375. The monoisotopic (exact) mass is 287 g/mol. The van der Waals surface area contributed by atoms with Crippen LogP contribution in [-0.4, -0.2) is 30.4 Å². The van der Waals surface area contributed by atoms with Gasteiger partial charge in [-0.25, -0.2) is 0 Å². The predicted octanol–water partition coefficient (Wildman–Crippen LogP) is 0.640. The summed E-state index contributed by atoms with van der Waals surface area (Å²) < 4.78 is 0. The molecule has 0 bridgehead atoms. The second kappa shape index (κ2) is 8.08. The summed E-state index contributed by atoms with van der Waals surface area (Å²) in [5.74, 6) is 5.02. The van der Waals surface area contributed by atoms with Crippen LogP contribution < -0.4 is 16.4 Å².